The molecule has 0 aromatic carbocycles. The summed E-state index contributed by atoms with van der Waals surface area (Å²) in [7, 11) is -0.974. The number of rotatable bonds is 12. The van der Waals surface area contributed by atoms with Crippen LogP contribution in [0.15, 0.2) is 0 Å². The molecule has 0 fully saturated rings. The molecule has 21 heavy (non-hydrogen) atoms. The molecule has 2 N–H and O–H groups in total. The number of esters is 2. The van der Waals surface area contributed by atoms with E-state index in [9.17, 15) is 14.2 Å². The van der Waals surface area contributed by atoms with Gasteiger partial charge in [-0.05, 0) is 6.42 Å². The van der Waals surface area contributed by atoms with E-state index in [0.717, 1.165) is 0 Å². The second kappa shape index (κ2) is 11.6. The lowest BCUT2D eigenvalue weighted by molar-refractivity contribution is -0.141. The highest BCUT2D eigenvalue weighted by molar-refractivity contribution is 7.53. The maximum Gasteiger partial charge on any atom is 0.330 e. The Morgan fingerprint density at radius 3 is 1.90 bits per heavy atom. The fourth-order valence-electron chi connectivity index (χ4n) is 1.26. The van der Waals surface area contributed by atoms with Crippen molar-refractivity contribution in [3.8, 4) is 0 Å². The smallest absolute Gasteiger partial charge is 0.330 e. The van der Waals surface area contributed by atoms with E-state index in [0.29, 0.717) is 6.42 Å². The summed E-state index contributed by atoms with van der Waals surface area (Å²) in [5.74, 6) is -0.985. The molecule has 0 bridgehead atoms. The minimum Gasteiger partial charge on any atom is -0.469 e. The highest BCUT2D eigenvalue weighted by Gasteiger charge is 2.25. The van der Waals surface area contributed by atoms with Crippen LogP contribution in [0.5, 0.6) is 0 Å². The molecule has 0 rings (SSSR count). The third-order valence-electron chi connectivity index (χ3n) is 2.36. The maximum atomic E-state index is 12.4. The molecule has 0 spiro atoms. The highest BCUT2D eigenvalue weighted by Crippen LogP contribution is 2.48. The Hall–Kier alpha value is -0.990. The number of ether oxygens (including phenoxy) is 2. The second-order valence-corrected chi connectivity index (χ2v) is 6.10. The van der Waals surface area contributed by atoms with Gasteiger partial charge in [0.15, 0.2) is 0 Å². The van der Waals surface area contributed by atoms with Crippen molar-refractivity contribution in [2.45, 2.75) is 19.3 Å². The molecule has 0 amide bonds. The average Bonchev–Trinajstić information content (AvgIpc) is 2.47. The molecule has 0 heterocycles. The van der Waals surface area contributed by atoms with Crippen molar-refractivity contribution in [2.75, 3.05) is 40.1 Å². The van der Waals surface area contributed by atoms with E-state index < -0.39 is 19.5 Å². The quantitative estimate of drug-likeness (QED) is 0.231. The van der Waals surface area contributed by atoms with Crippen LogP contribution >= 0.6 is 7.60 Å². The van der Waals surface area contributed by atoms with Gasteiger partial charge in [0, 0.05) is 6.54 Å². The standard InChI is InChI=1S/C11H22NO8P/c1-17-10(13)4-7-19-21(16,9-3-6-12-15)20-8-5-11(14)18-2/h12,15H,3-9H2,1-2H3. The maximum absolute atomic E-state index is 12.4. The van der Waals surface area contributed by atoms with E-state index in [1.165, 1.54) is 14.2 Å². The Morgan fingerprint density at radius 2 is 1.52 bits per heavy atom. The molecule has 0 aliphatic rings. The summed E-state index contributed by atoms with van der Waals surface area (Å²) < 4.78 is 31.5. The SMILES string of the molecule is COC(=O)CCOP(=O)(CCCNO)OCCC(=O)OC. The first-order valence-electron chi connectivity index (χ1n) is 6.36. The van der Waals surface area contributed by atoms with Crippen molar-refractivity contribution in [3.05, 3.63) is 0 Å². The number of carbonyl (C=O) groups excluding carboxylic acids is 2. The van der Waals surface area contributed by atoms with Gasteiger partial charge in [-0.25, -0.2) is 5.48 Å². The van der Waals surface area contributed by atoms with Gasteiger partial charge in [-0.15, -0.1) is 0 Å². The number of hydrogen-bond donors (Lipinski definition) is 2. The van der Waals surface area contributed by atoms with Crippen molar-refractivity contribution >= 4 is 19.5 Å². The fourth-order valence-corrected chi connectivity index (χ4v) is 2.88. The minimum absolute atomic E-state index is 0.0445. The Morgan fingerprint density at radius 1 is 1.05 bits per heavy atom. The van der Waals surface area contributed by atoms with Crippen LogP contribution in [-0.4, -0.2) is 57.3 Å². The summed E-state index contributed by atoms with van der Waals surface area (Å²) in [6, 6.07) is 0. The molecule has 0 saturated heterocycles. The van der Waals surface area contributed by atoms with Crippen LogP contribution in [0.2, 0.25) is 0 Å². The molecule has 0 aromatic rings. The van der Waals surface area contributed by atoms with Crippen LogP contribution in [-0.2, 0) is 32.7 Å². The van der Waals surface area contributed by atoms with Gasteiger partial charge in [-0.2, -0.15) is 0 Å². The molecular weight excluding hydrogens is 305 g/mol. The van der Waals surface area contributed by atoms with Crippen molar-refractivity contribution in [2.24, 2.45) is 0 Å². The van der Waals surface area contributed by atoms with Crippen LogP contribution in [0.25, 0.3) is 0 Å². The highest BCUT2D eigenvalue weighted by atomic mass is 31.2. The first-order valence-corrected chi connectivity index (χ1v) is 8.09. The van der Waals surface area contributed by atoms with Crippen molar-refractivity contribution < 1.29 is 37.9 Å². The summed E-state index contributed by atoms with van der Waals surface area (Å²) in [6.45, 7) is -0.0197. The number of carbonyl (C=O) groups is 2. The van der Waals surface area contributed by atoms with Gasteiger partial charge in [0.2, 0.25) is 0 Å². The van der Waals surface area contributed by atoms with Crippen molar-refractivity contribution in [1.82, 2.24) is 5.48 Å². The normalized spacial score (nSPS) is 11.2. The molecule has 10 heteroatoms. The van der Waals surface area contributed by atoms with Crippen LogP contribution in [0.1, 0.15) is 19.3 Å². The Balaban J connectivity index is 4.28. The number of hydrogen-bond acceptors (Lipinski definition) is 9. The van der Waals surface area contributed by atoms with Crippen molar-refractivity contribution in [3.63, 3.8) is 0 Å². The summed E-state index contributed by atoms with van der Waals surface area (Å²) in [5, 5.41) is 8.48. The molecule has 0 aliphatic heterocycles. The summed E-state index contributed by atoms with van der Waals surface area (Å²) >= 11 is 0. The third kappa shape index (κ3) is 10.4. The molecular formula is C11H22NO8P. The van der Waals surface area contributed by atoms with Crippen LogP contribution in [0, 0.1) is 0 Å². The second-order valence-electron chi connectivity index (χ2n) is 3.91. The van der Waals surface area contributed by atoms with E-state index in [2.05, 4.69) is 9.47 Å². The monoisotopic (exact) mass is 327 g/mol. The average molecular weight is 327 g/mol. The van der Waals surface area contributed by atoms with Crippen LogP contribution in [0.3, 0.4) is 0 Å². The van der Waals surface area contributed by atoms with E-state index in [4.69, 9.17) is 14.3 Å². The van der Waals surface area contributed by atoms with Gasteiger partial charge in [-0.3, -0.25) is 14.2 Å². The molecule has 0 atom stereocenters. The van der Waals surface area contributed by atoms with Gasteiger partial charge < -0.3 is 23.7 Å². The summed E-state index contributed by atoms with van der Waals surface area (Å²) in [4.78, 5) is 21.9. The number of hydroxylamine groups is 1. The van der Waals surface area contributed by atoms with E-state index in [-0.39, 0.29) is 38.8 Å². The topological polar surface area (TPSA) is 120 Å². The van der Waals surface area contributed by atoms with Gasteiger partial charge in [0.25, 0.3) is 0 Å². The van der Waals surface area contributed by atoms with E-state index in [1.54, 1.807) is 0 Å². The molecule has 9 nitrogen and oxygen atoms in total. The zero-order valence-electron chi connectivity index (χ0n) is 12.2. The number of methoxy groups -OCH3 is 2. The van der Waals surface area contributed by atoms with Gasteiger partial charge >= 0.3 is 19.5 Å². The van der Waals surface area contributed by atoms with Gasteiger partial charge in [0.1, 0.15) is 0 Å². The molecule has 0 unspecified atom stereocenters. The largest absolute Gasteiger partial charge is 0.469 e. The molecule has 0 aromatic heterocycles. The minimum atomic E-state index is -3.45. The van der Waals surface area contributed by atoms with E-state index >= 15 is 0 Å². The Bertz CT molecular complexity index is 336. The van der Waals surface area contributed by atoms with Gasteiger partial charge in [0.05, 0.1) is 46.4 Å². The lowest BCUT2D eigenvalue weighted by Crippen LogP contribution is -2.13. The molecule has 0 radical (unpaired) electrons. The Kier molecular flexibility index (Phi) is 11.1. The third-order valence-corrected chi connectivity index (χ3v) is 4.38. The molecule has 0 aliphatic carbocycles. The van der Waals surface area contributed by atoms with Crippen LogP contribution < -0.4 is 5.48 Å². The summed E-state index contributed by atoms with van der Waals surface area (Å²) in [5.41, 5.74) is 1.93. The lowest BCUT2D eigenvalue weighted by atomic mass is 10.5. The summed E-state index contributed by atoms with van der Waals surface area (Å²) in [6.07, 6.45) is 0.269. The van der Waals surface area contributed by atoms with E-state index in [1.807, 2.05) is 5.48 Å². The first kappa shape index (κ1) is 20.0. The predicted octanol–water partition coefficient (Wildman–Crippen LogP) is 0.708. The Labute approximate surface area is 123 Å². The van der Waals surface area contributed by atoms with Crippen molar-refractivity contribution in [1.29, 1.82) is 0 Å². The molecule has 0 saturated carbocycles. The fraction of sp³-hybridized carbons (Fsp3) is 0.818. The lowest BCUT2D eigenvalue weighted by Gasteiger charge is -2.18. The van der Waals surface area contributed by atoms with Crippen LogP contribution in [0.4, 0.5) is 0 Å². The zero-order chi connectivity index (χ0) is 16.1. The predicted molar refractivity (Wildman–Crippen MR) is 72.0 cm³/mol. The van der Waals surface area contributed by atoms with Gasteiger partial charge in [-0.1, -0.05) is 0 Å². The molecule has 124 valence electrons. The first-order chi connectivity index (χ1) is 9.97. The zero-order valence-corrected chi connectivity index (χ0v) is 13.1. The number of nitrogens with one attached hydrogen (secondary N) is 1.